The van der Waals surface area contributed by atoms with Gasteiger partial charge in [-0.15, -0.1) is 11.3 Å². The number of sulfonamides is 4. The van der Waals surface area contributed by atoms with Gasteiger partial charge in [-0.2, -0.15) is 0 Å². The normalized spacial score (nSPS) is 15.8. The second-order valence-corrected chi connectivity index (χ2v) is 39.7. The average Bonchev–Trinajstić information content (AvgIpc) is 1.69. The summed E-state index contributed by atoms with van der Waals surface area (Å²) < 4.78 is 130. The number of allylic oxidation sites excluding steroid dienone is 1. The van der Waals surface area contributed by atoms with Crippen LogP contribution in [0, 0.1) is 6.92 Å². The first kappa shape index (κ1) is 89.6. The molecule has 0 atom stereocenters. The predicted molar refractivity (Wildman–Crippen MR) is 502 cm³/mol. The van der Waals surface area contributed by atoms with Crippen molar-refractivity contribution in [3.05, 3.63) is 315 Å². The highest BCUT2D eigenvalue weighted by atomic mass is 35.5. The Kier molecular flexibility index (Phi) is 27.1. The molecule has 0 spiro atoms. The van der Waals surface area contributed by atoms with Crippen LogP contribution in [0.2, 0.25) is 15.1 Å². The number of hydrogen-bond donors (Lipinski definition) is 4. The Morgan fingerprint density at radius 1 is 0.411 bits per heavy atom. The van der Waals surface area contributed by atoms with E-state index in [-0.39, 0.29) is 100.0 Å². The number of amides is 4. The number of pyridine rings is 4. The van der Waals surface area contributed by atoms with E-state index in [2.05, 4.69) is 42.3 Å². The summed E-state index contributed by atoms with van der Waals surface area (Å²) in [6.45, 7) is 2.59. The lowest BCUT2D eigenvalue weighted by atomic mass is 10.1. The van der Waals surface area contributed by atoms with Crippen molar-refractivity contribution >= 4 is 182 Å². The molecule has 1 aliphatic carbocycles. The minimum absolute atomic E-state index is 0.0202. The number of halogens is 3. The lowest BCUT2D eigenvalue weighted by Crippen LogP contribution is -2.41. The Morgan fingerprint density at radius 3 is 1.29 bits per heavy atom. The molecule has 0 bridgehead atoms. The van der Waals surface area contributed by atoms with Gasteiger partial charge in [-0.05, 0) is 235 Å². The largest absolute Gasteiger partial charge is 0.464 e. The minimum atomic E-state index is -3.42. The molecule has 4 saturated heterocycles. The fraction of sp³-hybridized carbons (Fsp3) is 0.152. The Balaban J connectivity index is 0.000000126. The van der Waals surface area contributed by atoms with Gasteiger partial charge in [-0.3, -0.25) is 39.1 Å². The summed E-state index contributed by atoms with van der Waals surface area (Å²) in [4.78, 5) is 69.1. The summed E-state index contributed by atoms with van der Waals surface area (Å²) in [5, 5.41) is 16.9. The van der Waals surface area contributed by atoms with Crippen LogP contribution in [0.15, 0.2) is 265 Å². The van der Waals surface area contributed by atoms with Gasteiger partial charge in [0.1, 0.15) is 32.5 Å². The zero-order valence-corrected chi connectivity index (χ0v) is 74.6. The van der Waals surface area contributed by atoms with Crippen LogP contribution in [0.4, 0.5) is 45.5 Å². The monoisotopic (exact) mass is 1890 g/mol. The number of fused-ring (bicyclic) bond motifs is 3. The lowest BCUT2D eigenvalue weighted by Gasteiger charge is -2.28. The zero-order valence-electron chi connectivity index (χ0n) is 68.3. The third kappa shape index (κ3) is 21.0. The van der Waals surface area contributed by atoms with Crippen LogP contribution >= 0.6 is 46.1 Å². The highest BCUT2D eigenvalue weighted by Gasteiger charge is 2.32. The van der Waals surface area contributed by atoms with Gasteiger partial charge in [-0.1, -0.05) is 65.2 Å². The van der Waals surface area contributed by atoms with Gasteiger partial charge in [0.05, 0.1) is 127 Å². The Bertz CT molecular complexity index is 6920. The third-order valence-electron chi connectivity index (χ3n) is 20.9. The third-order valence-corrected chi connectivity index (χ3v) is 29.6. The number of aromatic nitrogens is 4. The van der Waals surface area contributed by atoms with E-state index in [0.29, 0.717) is 99.7 Å². The molecular weight excluding hydrogens is 1810 g/mol. The molecule has 37 heteroatoms. The SMILES string of the molecule is Cc1ccnc(-c2cccc(NC(=O)c3ccc(N4COCCS4(=O)=O)cc3)c2)c1.O=C(Nc1ccc(Cl)c(-c2ccc3c(n2)CC=C3)c1)c1ccc(N2COCCS2(=O)=O)cc1.O=C(Nc1ccc(Cl)c(-c2nccc3ccsc23)c1)c1ccc(N2COCCS2(=O)=O)cc1.O=C(Nc1ccc(Cl)c(-c2nccc3occc23)c1)c1ccc(N2COCCS2(=O)=O)cc1. The number of anilines is 8. The number of furan rings is 1. The van der Waals surface area contributed by atoms with Crippen molar-refractivity contribution in [3.8, 4) is 45.0 Å². The molecule has 8 aromatic carbocycles. The summed E-state index contributed by atoms with van der Waals surface area (Å²) >= 11 is 20.9. The summed E-state index contributed by atoms with van der Waals surface area (Å²) in [6, 6.07) is 63.9. The predicted octanol–water partition coefficient (Wildman–Crippen LogP) is 17.3. The molecular formula is C92H77Cl3N12O17S5. The van der Waals surface area contributed by atoms with Crippen molar-refractivity contribution in [1.29, 1.82) is 0 Å². The summed E-state index contributed by atoms with van der Waals surface area (Å²) in [7, 11) is -13.6. The van der Waals surface area contributed by atoms with Gasteiger partial charge in [0, 0.05) is 97.7 Å². The molecule has 0 radical (unpaired) electrons. The van der Waals surface area contributed by atoms with Crippen LogP contribution in [-0.2, 0) is 65.5 Å². The molecule has 14 aromatic rings. The number of benzene rings is 8. The van der Waals surface area contributed by atoms with Crippen LogP contribution < -0.4 is 38.5 Å². The van der Waals surface area contributed by atoms with Gasteiger partial charge >= 0.3 is 0 Å². The molecule has 4 aliphatic heterocycles. The number of nitrogens with zero attached hydrogens (tertiary/aromatic N) is 8. The highest BCUT2D eigenvalue weighted by Crippen LogP contribution is 2.40. The van der Waals surface area contributed by atoms with E-state index >= 15 is 0 Å². The number of carbonyl (C=O) groups excluding carboxylic acids is 4. The Labute approximate surface area is 761 Å². The number of rotatable bonds is 16. The molecule has 4 fully saturated rings. The van der Waals surface area contributed by atoms with Crippen LogP contribution in [0.1, 0.15) is 58.3 Å². The first-order valence-corrected chi connectivity index (χ1v) is 48.3. The van der Waals surface area contributed by atoms with Gasteiger partial charge in [0.2, 0.25) is 40.1 Å². The van der Waals surface area contributed by atoms with Crippen molar-refractivity contribution in [3.63, 3.8) is 0 Å². The number of aryl methyl sites for hydroxylation is 1. The molecule has 0 saturated carbocycles. The maximum absolute atomic E-state index is 12.8. The van der Waals surface area contributed by atoms with E-state index in [1.807, 2.05) is 85.1 Å². The van der Waals surface area contributed by atoms with E-state index in [9.17, 15) is 52.8 Å². The fourth-order valence-corrected chi connectivity index (χ4v) is 20.6. The summed E-state index contributed by atoms with van der Waals surface area (Å²) in [5.41, 5.74) is 15.7. The number of carbonyl (C=O) groups is 4. The molecule has 658 valence electrons. The fourth-order valence-electron chi connectivity index (χ4n) is 14.2. The van der Waals surface area contributed by atoms with Crippen LogP contribution in [0.5, 0.6) is 0 Å². The number of nitrogens with one attached hydrogen (secondary N) is 4. The number of ether oxygens (including phenoxy) is 4. The molecule has 19 rings (SSSR count). The standard InChI is InChI=1S/C24H20ClN3O4S.C23H18ClN3O5S.C23H18ClN3O4S2.C22H21N3O4S/c25-21-10-7-18(14-20(21)23-11-6-16-2-1-3-22(16)27-23)26-24(29)17-4-8-19(9-5-17)28-15-32-12-13-33(28,30)31;24-20-6-3-16(13-19(20)22-18-8-10-32-21(18)7-9-25-22)26-23(28)15-1-4-17(5-2-15)27-14-31-11-12-33(27,29)30;24-20-6-3-17(13-19(20)21-22-15(7-9-25-21)8-11-32-22)26-23(28)16-1-4-18(5-2-16)27-14-31-10-12-33(27,29)30;1-16-9-10-23-21(13-16)18-3-2-4-19(14-18)24-22(26)17-5-7-20(8-6-17)25-15-29-11-12-30(25,27)28/h1-2,4-11,14H,3,12-13,15H2,(H,26,29);1-10,13H,11-12,14H2,(H,26,28);1-9,11,13H,10,12,14H2,(H,26,28);2-10,13-14H,11-12,15H2,1H3,(H,24,26). The van der Waals surface area contributed by atoms with E-state index in [0.717, 1.165) is 72.5 Å². The molecule has 29 nitrogen and oxygen atoms in total. The quantitative estimate of drug-likeness (QED) is 0.0698. The maximum atomic E-state index is 12.8. The first-order chi connectivity index (χ1) is 62.2. The van der Waals surface area contributed by atoms with Crippen molar-refractivity contribution in [2.24, 2.45) is 0 Å². The summed E-state index contributed by atoms with van der Waals surface area (Å²) in [5.74, 6) is -1.53. The van der Waals surface area contributed by atoms with Gasteiger partial charge in [-0.25, -0.2) is 50.9 Å². The van der Waals surface area contributed by atoms with Crippen molar-refractivity contribution in [1.82, 2.24) is 19.9 Å². The van der Waals surface area contributed by atoms with Crippen LogP contribution in [0.3, 0.4) is 0 Å². The minimum Gasteiger partial charge on any atom is -0.464 e. The molecule has 0 unspecified atom stereocenters. The molecule has 6 aromatic heterocycles. The average molecular weight is 1890 g/mol. The molecule has 5 aliphatic rings. The number of thiophene rings is 1. The summed E-state index contributed by atoms with van der Waals surface area (Å²) in [6.07, 6.45) is 11.6. The topological polar surface area (TPSA) is 368 Å². The Hall–Kier alpha value is -12.8. The van der Waals surface area contributed by atoms with Crippen molar-refractivity contribution < 1.29 is 76.2 Å². The van der Waals surface area contributed by atoms with E-state index < -0.39 is 40.1 Å². The molecule has 4 amide bonds. The van der Waals surface area contributed by atoms with Gasteiger partial charge in [0.25, 0.3) is 23.6 Å². The zero-order chi connectivity index (χ0) is 90.1. The van der Waals surface area contributed by atoms with E-state index in [1.165, 1.54) is 17.2 Å². The molecule has 4 N–H and O–H groups in total. The maximum Gasteiger partial charge on any atom is 0.255 e. The van der Waals surface area contributed by atoms with Crippen LogP contribution in [-0.4, -0.2) is 154 Å². The Morgan fingerprint density at radius 2 is 0.829 bits per heavy atom. The first-order valence-electron chi connectivity index (χ1n) is 39.9. The lowest BCUT2D eigenvalue weighted by molar-refractivity contribution is 0.101. The van der Waals surface area contributed by atoms with E-state index in [1.54, 1.807) is 194 Å². The van der Waals surface area contributed by atoms with Crippen molar-refractivity contribution in [2.75, 3.05) is 115 Å². The van der Waals surface area contributed by atoms with E-state index in [4.69, 9.17) is 63.2 Å². The smallest absolute Gasteiger partial charge is 0.255 e. The highest BCUT2D eigenvalue weighted by molar-refractivity contribution is 7.93. The molecule has 10 heterocycles. The van der Waals surface area contributed by atoms with Crippen LogP contribution in [0.25, 0.3) is 72.2 Å². The number of hydrogen-bond acceptors (Lipinski definition) is 22. The molecule has 129 heavy (non-hydrogen) atoms. The second kappa shape index (κ2) is 39.0. The van der Waals surface area contributed by atoms with Gasteiger partial charge in [0.15, 0.2) is 0 Å². The van der Waals surface area contributed by atoms with Gasteiger partial charge < -0.3 is 44.6 Å². The second-order valence-electron chi connectivity index (χ2n) is 29.5. The van der Waals surface area contributed by atoms with Crippen molar-refractivity contribution in [2.45, 2.75) is 13.3 Å².